The van der Waals surface area contributed by atoms with E-state index in [2.05, 4.69) is 21.5 Å². The summed E-state index contributed by atoms with van der Waals surface area (Å²) in [5.74, 6) is 2.68. The normalized spacial score (nSPS) is 14.3. The predicted molar refractivity (Wildman–Crippen MR) is 129 cm³/mol. The second-order valence-electron chi connectivity index (χ2n) is 8.36. The summed E-state index contributed by atoms with van der Waals surface area (Å²) in [6.45, 7) is 3.30. The number of ether oxygens (including phenoxy) is 1. The monoisotopic (exact) mass is 479 g/mol. The van der Waals surface area contributed by atoms with Crippen molar-refractivity contribution in [2.45, 2.75) is 32.0 Å². The highest BCUT2D eigenvalue weighted by Crippen LogP contribution is 2.31. The van der Waals surface area contributed by atoms with E-state index in [1.165, 1.54) is 12.1 Å². The molecule has 4 rings (SSSR count). The SMILES string of the molecule is C#Cc1cc(-c2cc(NC(=O)c3cccc(C(F)(F)F)c3)ccc2C)cnc1NC1CCOCC1. The van der Waals surface area contributed by atoms with Crippen LogP contribution in [0, 0.1) is 19.3 Å². The van der Waals surface area contributed by atoms with Gasteiger partial charge in [0.1, 0.15) is 5.82 Å². The van der Waals surface area contributed by atoms with E-state index >= 15 is 0 Å². The molecule has 8 heteroatoms. The van der Waals surface area contributed by atoms with Crippen molar-refractivity contribution in [1.82, 2.24) is 4.98 Å². The average molecular weight is 480 g/mol. The molecule has 1 fully saturated rings. The molecule has 1 aliphatic rings. The van der Waals surface area contributed by atoms with E-state index in [-0.39, 0.29) is 11.6 Å². The minimum absolute atomic E-state index is 0.0817. The zero-order chi connectivity index (χ0) is 25.0. The van der Waals surface area contributed by atoms with E-state index in [1.54, 1.807) is 18.3 Å². The van der Waals surface area contributed by atoms with Crippen LogP contribution in [0.1, 0.15) is 39.9 Å². The third-order valence-corrected chi connectivity index (χ3v) is 5.86. The fourth-order valence-electron chi connectivity index (χ4n) is 3.92. The van der Waals surface area contributed by atoms with Crippen molar-refractivity contribution < 1.29 is 22.7 Å². The van der Waals surface area contributed by atoms with Gasteiger partial charge < -0.3 is 15.4 Å². The molecule has 0 radical (unpaired) electrons. The Morgan fingerprint density at radius 3 is 2.63 bits per heavy atom. The molecule has 0 saturated carbocycles. The van der Waals surface area contributed by atoms with Crippen LogP contribution in [0.3, 0.4) is 0 Å². The summed E-state index contributed by atoms with van der Waals surface area (Å²) in [5, 5.41) is 6.07. The number of rotatable bonds is 5. The molecule has 0 spiro atoms. The molecule has 0 bridgehead atoms. The number of hydrogen-bond donors (Lipinski definition) is 2. The van der Waals surface area contributed by atoms with Gasteiger partial charge in [-0.05, 0) is 67.3 Å². The van der Waals surface area contributed by atoms with E-state index in [1.807, 2.05) is 19.1 Å². The van der Waals surface area contributed by atoms with Crippen LogP contribution in [0.25, 0.3) is 11.1 Å². The fourth-order valence-corrected chi connectivity index (χ4v) is 3.92. The van der Waals surface area contributed by atoms with E-state index in [9.17, 15) is 18.0 Å². The second kappa shape index (κ2) is 10.2. The molecular formula is C27H24F3N3O2. The van der Waals surface area contributed by atoms with Crippen molar-refractivity contribution in [2.75, 3.05) is 23.8 Å². The number of terminal acetylenes is 1. The van der Waals surface area contributed by atoms with Gasteiger partial charge in [0.25, 0.3) is 5.91 Å². The summed E-state index contributed by atoms with van der Waals surface area (Å²) in [7, 11) is 0. The smallest absolute Gasteiger partial charge is 0.381 e. The summed E-state index contributed by atoms with van der Waals surface area (Å²) in [6.07, 6.45) is 4.69. The van der Waals surface area contributed by atoms with Crippen LogP contribution in [-0.2, 0) is 10.9 Å². The summed E-state index contributed by atoms with van der Waals surface area (Å²) < 4.78 is 44.4. The predicted octanol–water partition coefficient (Wildman–Crippen LogP) is 5.90. The molecule has 35 heavy (non-hydrogen) atoms. The lowest BCUT2D eigenvalue weighted by molar-refractivity contribution is -0.137. The number of alkyl halides is 3. The topological polar surface area (TPSA) is 63.2 Å². The zero-order valence-corrected chi connectivity index (χ0v) is 19.1. The Balaban J connectivity index is 1.56. The van der Waals surface area contributed by atoms with Gasteiger partial charge in [-0.15, -0.1) is 6.42 Å². The van der Waals surface area contributed by atoms with Gasteiger partial charge in [0, 0.05) is 42.3 Å². The van der Waals surface area contributed by atoms with Crippen molar-refractivity contribution in [2.24, 2.45) is 0 Å². The summed E-state index contributed by atoms with van der Waals surface area (Å²) in [6, 6.07) is 11.7. The number of pyridine rings is 1. The van der Waals surface area contributed by atoms with Gasteiger partial charge in [-0.3, -0.25) is 4.79 Å². The summed E-state index contributed by atoms with van der Waals surface area (Å²) >= 11 is 0. The third-order valence-electron chi connectivity index (χ3n) is 5.86. The fraction of sp³-hybridized carbons (Fsp3) is 0.259. The largest absolute Gasteiger partial charge is 0.416 e. The molecule has 1 aromatic heterocycles. The molecular weight excluding hydrogens is 455 g/mol. The van der Waals surface area contributed by atoms with Crippen molar-refractivity contribution in [3.8, 4) is 23.5 Å². The number of benzene rings is 2. The number of carbonyl (C=O) groups is 1. The lowest BCUT2D eigenvalue weighted by atomic mass is 9.99. The molecule has 0 unspecified atom stereocenters. The standard InChI is InChI=1S/C27H24F3N3O2/c1-3-18-13-20(16-31-25(18)32-22-9-11-35-12-10-22)24-15-23(8-7-17(24)2)33-26(34)19-5-4-6-21(14-19)27(28,29)30/h1,4-8,13-16,22H,9-12H2,2H3,(H,31,32)(H,33,34). The Morgan fingerprint density at radius 1 is 1.14 bits per heavy atom. The van der Waals surface area contributed by atoms with Crippen LogP contribution in [0.2, 0.25) is 0 Å². The third kappa shape index (κ3) is 5.81. The van der Waals surface area contributed by atoms with Crippen molar-refractivity contribution in [1.29, 1.82) is 0 Å². The van der Waals surface area contributed by atoms with Gasteiger partial charge in [0.15, 0.2) is 0 Å². The van der Waals surface area contributed by atoms with Gasteiger partial charge in [0.2, 0.25) is 0 Å². The molecule has 2 aromatic carbocycles. The molecule has 1 saturated heterocycles. The lowest BCUT2D eigenvalue weighted by Crippen LogP contribution is -2.28. The highest BCUT2D eigenvalue weighted by atomic mass is 19.4. The maximum Gasteiger partial charge on any atom is 0.416 e. The molecule has 3 aromatic rings. The van der Waals surface area contributed by atoms with Crippen molar-refractivity contribution >= 4 is 17.4 Å². The number of amides is 1. The number of aryl methyl sites for hydroxylation is 1. The molecule has 5 nitrogen and oxygen atoms in total. The first-order valence-electron chi connectivity index (χ1n) is 11.1. The first-order valence-corrected chi connectivity index (χ1v) is 11.1. The minimum Gasteiger partial charge on any atom is -0.381 e. The number of nitrogens with zero attached hydrogens (tertiary/aromatic N) is 1. The van der Waals surface area contributed by atoms with Crippen LogP contribution in [-0.4, -0.2) is 30.1 Å². The Bertz CT molecular complexity index is 1280. The van der Waals surface area contributed by atoms with Gasteiger partial charge in [0.05, 0.1) is 11.1 Å². The van der Waals surface area contributed by atoms with E-state index in [0.717, 1.165) is 41.7 Å². The Kier molecular flexibility index (Phi) is 7.08. The van der Waals surface area contributed by atoms with E-state index in [4.69, 9.17) is 11.2 Å². The quantitative estimate of drug-likeness (QED) is 0.447. The Hall–Kier alpha value is -3.83. The van der Waals surface area contributed by atoms with Gasteiger partial charge in [-0.2, -0.15) is 13.2 Å². The van der Waals surface area contributed by atoms with Gasteiger partial charge >= 0.3 is 6.18 Å². The Labute approximate surface area is 201 Å². The maximum absolute atomic E-state index is 13.0. The number of halogens is 3. The molecule has 1 amide bonds. The lowest BCUT2D eigenvalue weighted by Gasteiger charge is -2.24. The molecule has 0 aliphatic carbocycles. The van der Waals surface area contributed by atoms with Gasteiger partial charge in [-0.1, -0.05) is 18.1 Å². The summed E-state index contributed by atoms with van der Waals surface area (Å²) in [5.41, 5.74) is 2.60. The Morgan fingerprint density at radius 2 is 1.91 bits per heavy atom. The van der Waals surface area contributed by atoms with Crippen LogP contribution < -0.4 is 10.6 Å². The first kappa shape index (κ1) is 24.3. The van der Waals surface area contributed by atoms with Gasteiger partial charge in [-0.25, -0.2) is 4.98 Å². The maximum atomic E-state index is 13.0. The van der Waals surface area contributed by atoms with Crippen molar-refractivity contribution in [3.63, 3.8) is 0 Å². The highest BCUT2D eigenvalue weighted by Gasteiger charge is 2.31. The van der Waals surface area contributed by atoms with Crippen LogP contribution in [0.4, 0.5) is 24.7 Å². The summed E-state index contributed by atoms with van der Waals surface area (Å²) in [4.78, 5) is 17.2. The number of aromatic nitrogens is 1. The van der Waals surface area contributed by atoms with Crippen LogP contribution in [0.5, 0.6) is 0 Å². The minimum atomic E-state index is -4.53. The second-order valence-corrected chi connectivity index (χ2v) is 8.36. The first-order chi connectivity index (χ1) is 16.7. The molecule has 2 heterocycles. The van der Waals surface area contributed by atoms with E-state index < -0.39 is 17.6 Å². The highest BCUT2D eigenvalue weighted by molar-refractivity contribution is 6.04. The van der Waals surface area contributed by atoms with Crippen molar-refractivity contribution in [3.05, 3.63) is 77.0 Å². The molecule has 180 valence electrons. The number of nitrogens with one attached hydrogen (secondary N) is 2. The van der Waals surface area contributed by atoms with Crippen LogP contribution in [0.15, 0.2) is 54.7 Å². The average Bonchev–Trinajstić information content (AvgIpc) is 2.85. The number of hydrogen-bond acceptors (Lipinski definition) is 4. The van der Waals surface area contributed by atoms with E-state index in [0.29, 0.717) is 30.3 Å². The molecule has 0 atom stereocenters. The van der Waals surface area contributed by atoms with Crippen LogP contribution >= 0.6 is 0 Å². The number of carbonyl (C=O) groups excluding carboxylic acids is 1. The number of anilines is 2. The zero-order valence-electron chi connectivity index (χ0n) is 19.1. The molecule has 2 N–H and O–H groups in total. The molecule has 1 aliphatic heterocycles.